The second-order valence-electron chi connectivity index (χ2n) is 7.86. The Bertz CT molecular complexity index is 1730. The summed E-state index contributed by atoms with van der Waals surface area (Å²) in [7, 11) is 0. The van der Waals surface area contributed by atoms with E-state index in [-0.39, 0.29) is 0 Å². The molecule has 0 fully saturated rings. The lowest BCUT2D eigenvalue weighted by molar-refractivity contribution is 0.112. The molecule has 6 aromatic rings. The van der Waals surface area contributed by atoms with E-state index in [9.17, 15) is 4.79 Å². The fourth-order valence-electron chi connectivity index (χ4n) is 5.48. The minimum absolute atomic E-state index is 0.702. The van der Waals surface area contributed by atoms with Crippen LogP contribution in [0.3, 0.4) is 0 Å². The van der Waals surface area contributed by atoms with E-state index >= 15 is 0 Å². The lowest BCUT2D eigenvalue weighted by Crippen LogP contribution is -1.94. The zero-order valence-electron chi connectivity index (χ0n) is 15.5. The highest BCUT2D eigenvalue weighted by Crippen LogP contribution is 2.55. The quantitative estimate of drug-likeness (QED) is 0.196. The van der Waals surface area contributed by atoms with Crippen molar-refractivity contribution < 1.29 is 4.79 Å². The number of hydrogen-bond acceptors (Lipinski definition) is 2. The summed E-state index contributed by atoms with van der Waals surface area (Å²) in [6.07, 6.45) is 0.960. The van der Waals surface area contributed by atoms with Gasteiger partial charge in [0.2, 0.25) is 0 Å². The maximum atomic E-state index is 12.0. The molecule has 7 rings (SSSR count). The number of hydrogen-bond donors (Lipinski definition) is 1. The van der Waals surface area contributed by atoms with Crippen LogP contribution in [0.4, 0.5) is 5.69 Å². The van der Waals surface area contributed by atoms with E-state index in [1.807, 2.05) is 12.1 Å². The van der Waals surface area contributed by atoms with Crippen molar-refractivity contribution in [3.63, 3.8) is 0 Å². The average Bonchev–Trinajstić information content (AvgIpc) is 3.14. The average molecular weight is 369 g/mol. The van der Waals surface area contributed by atoms with Crippen molar-refractivity contribution in [2.24, 2.45) is 0 Å². The van der Waals surface area contributed by atoms with Crippen LogP contribution in [0, 0.1) is 0 Å². The van der Waals surface area contributed by atoms with Crippen LogP contribution >= 0.6 is 0 Å². The van der Waals surface area contributed by atoms with Gasteiger partial charge in [0.15, 0.2) is 6.29 Å². The van der Waals surface area contributed by atoms with Crippen molar-refractivity contribution in [1.29, 1.82) is 0 Å². The zero-order chi connectivity index (χ0) is 19.3. The first-order chi connectivity index (χ1) is 14.3. The van der Waals surface area contributed by atoms with Crippen LogP contribution in [0.15, 0.2) is 72.8 Å². The van der Waals surface area contributed by atoms with E-state index in [2.05, 4.69) is 60.7 Å². The van der Waals surface area contributed by atoms with E-state index in [0.717, 1.165) is 39.3 Å². The molecular weight excluding hydrogens is 354 g/mol. The Morgan fingerprint density at radius 3 is 1.62 bits per heavy atom. The van der Waals surface area contributed by atoms with Gasteiger partial charge in [0.25, 0.3) is 0 Å². The van der Waals surface area contributed by atoms with Crippen LogP contribution in [-0.4, -0.2) is 6.29 Å². The fraction of sp³-hybridized carbons (Fsp3) is 0. The third-order valence-corrected chi connectivity index (χ3v) is 6.60. The topological polar surface area (TPSA) is 43.1 Å². The SMILES string of the molecule is Nc1c2c3c(ccc4c5ccccc5c5ccc(C=O)c-2c5c43)c2ccccc12. The lowest BCUT2D eigenvalue weighted by Gasteiger charge is -2.13. The number of fused-ring (bicyclic) bond motifs is 6. The highest BCUT2D eigenvalue weighted by atomic mass is 16.1. The zero-order valence-corrected chi connectivity index (χ0v) is 15.5. The Kier molecular flexibility index (Phi) is 2.56. The van der Waals surface area contributed by atoms with Gasteiger partial charge in [0, 0.05) is 33.2 Å². The minimum Gasteiger partial charge on any atom is -0.398 e. The maximum Gasteiger partial charge on any atom is 0.150 e. The van der Waals surface area contributed by atoms with Crippen LogP contribution in [0.1, 0.15) is 10.4 Å². The number of rotatable bonds is 1. The standard InChI is InChI=1S/C27H15NO/c28-27-21-8-4-3-7-17(21)20-12-11-19-16-6-2-1-5-15(16)18-10-9-14(13-29)22-23(18)24(19)25(20)26(22)27/h1-13H,28H2. The fourth-order valence-corrected chi connectivity index (χ4v) is 5.48. The van der Waals surface area contributed by atoms with Gasteiger partial charge in [0.1, 0.15) is 0 Å². The van der Waals surface area contributed by atoms with Crippen LogP contribution in [0.5, 0.6) is 0 Å². The third kappa shape index (κ3) is 1.59. The van der Waals surface area contributed by atoms with Crippen molar-refractivity contribution in [1.82, 2.24) is 0 Å². The highest BCUT2D eigenvalue weighted by Gasteiger charge is 2.28. The van der Waals surface area contributed by atoms with Crippen molar-refractivity contribution in [3.8, 4) is 11.1 Å². The molecule has 0 aromatic heterocycles. The van der Waals surface area contributed by atoms with E-state index < -0.39 is 0 Å². The molecule has 1 aliphatic rings. The number of nitrogens with two attached hydrogens (primary N) is 1. The van der Waals surface area contributed by atoms with E-state index in [0.29, 0.717) is 5.56 Å². The van der Waals surface area contributed by atoms with E-state index in [4.69, 9.17) is 5.73 Å². The molecule has 0 aliphatic heterocycles. The summed E-state index contributed by atoms with van der Waals surface area (Å²) in [5.41, 5.74) is 10.2. The predicted octanol–water partition coefficient (Wildman–Crippen LogP) is 6.83. The van der Waals surface area contributed by atoms with Crippen molar-refractivity contribution in [2.75, 3.05) is 5.73 Å². The molecule has 0 atom stereocenters. The molecule has 2 N–H and O–H groups in total. The van der Waals surface area contributed by atoms with Crippen molar-refractivity contribution in [3.05, 3.63) is 78.4 Å². The first-order valence-electron chi connectivity index (χ1n) is 9.79. The molecule has 1 aliphatic carbocycles. The van der Waals surface area contributed by atoms with Gasteiger partial charge >= 0.3 is 0 Å². The third-order valence-electron chi connectivity index (χ3n) is 6.60. The molecular formula is C27H15NO. The first-order valence-corrected chi connectivity index (χ1v) is 9.79. The molecule has 2 heteroatoms. The van der Waals surface area contributed by atoms with Crippen LogP contribution in [-0.2, 0) is 0 Å². The molecule has 29 heavy (non-hydrogen) atoms. The second-order valence-corrected chi connectivity index (χ2v) is 7.86. The Hall–Kier alpha value is -3.91. The molecule has 6 aromatic carbocycles. The Balaban J connectivity index is 1.95. The number of benzene rings is 6. The number of aldehydes is 1. The molecule has 2 nitrogen and oxygen atoms in total. The molecule has 0 heterocycles. The molecule has 0 amide bonds. The van der Waals surface area contributed by atoms with Gasteiger partial charge in [-0.2, -0.15) is 0 Å². The highest BCUT2D eigenvalue weighted by molar-refractivity contribution is 6.44. The summed E-state index contributed by atoms with van der Waals surface area (Å²) < 4.78 is 0. The summed E-state index contributed by atoms with van der Waals surface area (Å²) in [5.74, 6) is 0. The van der Waals surface area contributed by atoms with Crippen molar-refractivity contribution in [2.45, 2.75) is 0 Å². The van der Waals surface area contributed by atoms with Crippen LogP contribution in [0.2, 0.25) is 0 Å². The van der Waals surface area contributed by atoms with Crippen LogP contribution < -0.4 is 5.73 Å². The Morgan fingerprint density at radius 1 is 0.517 bits per heavy atom. The monoisotopic (exact) mass is 369 g/mol. The summed E-state index contributed by atoms with van der Waals surface area (Å²) >= 11 is 0. The largest absolute Gasteiger partial charge is 0.398 e. The van der Waals surface area contributed by atoms with Gasteiger partial charge in [0.05, 0.1) is 0 Å². The molecule has 0 bridgehead atoms. The molecule has 134 valence electrons. The second kappa shape index (κ2) is 4.92. The van der Waals surface area contributed by atoms with Gasteiger partial charge in [-0.3, -0.25) is 4.79 Å². The minimum atomic E-state index is 0.702. The molecule has 0 radical (unpaired) electrons. The molecule has 0 spiro atoms. The maximum absolute atomic E-state index is 12.0. The number of anilines is 1. The number of carbonyl (C=O) groups is 1. The summed E-state index contributed by atoms with van der Waals surface area (Å²) in [6.45, 7) is 0. The normalized spacial score (nSPS) is 12.4. The molecule has 0 unspecified atom stereocenters. The first kappa shape index (κ1) is 15.1. The summed E-state index contributed by atoms with van der Waals surface area (Å²) in [5, 5.41) is 11.8. The predicted molar refractivity (Wildman–Crippen MR) is 123 cm³/mol. The van der Waals surface area contributed by atoms with E-state index in [1.54, 1.807) is 0 Å². The van der Waals surface area contributed by atoms with Gasteiger partial charge in [-0.15, -0.1) is 0 Å². The lowest BCUT2D eigenvalue weighted by atomic mass is 9.92. The smallest absolute Gasteiger partial charge is 0.150 e. The molecule has 0 saturated heterocycles. The van der Waals surface area contributed by atoms with Crippen LogP contribution in [0.25, 0.3) is 65.0 Å². The Morgan fingerprint density at radius 2 is 1.00 bits per heavy atom. The van der Waals surface area contributed by atoms with Gasteiger partial charge in [-0.25, -0.2) is 0 Å². The number of carbonyl (C=O) groups excluding carboxylic acids is 1. The molecule has 0 saturated carbocycles. The summed E-state index contributed by atoms with van der Waals surface area (Å²) in [6, 6.07) is 25.3. The van der Waals surface area contributed by atoms with Gasteiger partial charge in [-0.1, -0.05) is 72.8 Å². The van der Waals surface area contributed by atoms with Gasteiger partial charge in [-0.05, 0) is 43.1 Å². The van der Waals surface area contributed by atoms with Gasteiger partial charge < -0.3 is 5.73 Å². The Labute approximate surface area is 166 Å². The number of nitrogen functional groups attached to an aromatic ring is 1. The van der Waals surface area contributed by atoms with Crippen molar-refractivity contribution >= 4 is 65.8 Å². The van der Waals surface area contributed by atoms with E-state index in [1.165, 1.54) is 37.7 Å². The summed E-state index contributed by atoms with van der Waals surface area (Å²) in [4.78, 5) is 12.0.